The third-order valence-corrected chi connectivity index (χ3v) is 3.64. The largest absolute Gasteiger partial charge is 0.374 e. The van der Waals surface area contributed by atoms with Gasteiger partial charge in [-0.1, -0.05) is 11.6 Å². The van der Waals surface area contributed by atoms with Crippen molar-refractivity contribution in [3.63, 3.8) is 0 Å². The van der Waals surface area contributed by atoms with Crippen molar-refractivity contribution in [1.29, 1.82) is 5.26 Å². The van der Waals surface area contributed by atoms with E-state index < -0.39 is 6.04 Å². The van der Waals surface area contributed by atoms with E-state index in [0.29, 0.717) is 28.0 Å². The maximum Gasteiger partial charge on any atom is 0.156 e. The normalized spacial score (nSPS) is 18.9. The van der Waals surface area contributed by atoms with Gasteiger partial charge in [0.15, 0.2) is 5.65 Å². The SMILES string of the molecule is CC1=C(F)C(C)NC(c2c[nH]c3ncc(Cl)nc23)=C1C#N. The van der Waals surface area contributed by atoms with Crippen molar-refractivity contribution in [2.45, 2.75) is 19.9 Å². The fourth-order valence-electron chi connectivity index (χ4n) is 2.40. The Morgan fingerprint density at radius 2 is 2.24 bits per heavy atom. The van der Waals surface area contributed by atoms with Crippen LogP contribution in [0.3, 0.4) is 0 Å². The van der Waals surface area contributed by atoms with Crippen molar-refractivity contribution in [2.24, 2.45) is 0 Å². The first-order valence-electron chi connectivity index (χ1n) is 6.30. The summed E-state index contributed by atoms with van der Waals surface area (Å²) < 4.78 is 14.0. The quantitative estimate of drug-likeness (QED) is 0.848. The second-order valence-corrected chi connectivity index (χ2v) is 5.18. The molecule has 2 N–H and O–H groups in total. The van der Waals surface area contributed by atoms with E-state index in [-0.39, 0.29) is 16.6 Å². The van der Waals surface area contributed by atoms with Crippen molar-refractivity contribution in [2.75, 3.05) is 0 Å². The number of aromatic amines is 1. The standard InChI is InChI=1S/C14H11ClFN5/c1-6-8(3-17)12(20-7(2)11(6)16)9-4-18-14-13(9)21-10(15)5-19-14/h4-5,7,20H,1-2H3,(H,18,19). The first-order chi connectivity index (χ1) is 10.0. The van der Waals surface area contributed by atoms with Crippen molar-refractivity contribution >= 4 is 28.5 Å². The molecule has 0 spiro atoms. The molecule has 0 saturated carbocycles. The van der Waals surface area contributed by atoms with E-state index >= 15 is 0 Å². The Balaban J connectivity index is 2.28. The molecule has 1 aliphatic heterocycles. The minimum Gasteiger partial charge on any atom is -0.374 e. The highest BCUT2D eigenvalue weighted by Crippen LogP contribution is 2.33. The van der Waals surface area contributed by atoms with Gasteiger partial charge in [0.2, 0.25) is 0 Å². The summed E-state index contributed by atoms with van der Waals surface area (Å²) in [5.41, 5.74) is 2.87. The molecule has 0 radical (unpaired) electrons. The molecule has 0 saturated heterocycles. The van der Waals surface area contributed by atoms with Crippen LogP contribution in [0.15, 0.2) is 29.4 Å². The lowest BCUT2D eigenvalue weighted by atomic mass is 9.96. The van der Waals surface area contributed by atoms with Crippen LogP contribution in [-0.4, -0.2) is 21.0 Å². The number of nitriles is 1. The molecule has 0 amide bonds. The Morgan fingerprint density at radius 1 is 1.48 bits per heavy atom. The number of dihydropyridines is 1. The maximum atomic E-state index is 14.0. The van der Waals surface area contributed by atoms with E-state index in [1.165, 1.54) is 6.20 Å². The van der Waals surface area contributed by atoms with Crippen molar-refractivity contribution in [1.82, 2.24) is 20.3 Å². The molecule has 0 aromatic carbocycles. The monoisotopic (exact) mass is 303 g/mol. The number of aromatic nitrogens is 3. The predicted octanol–water partition coefficient (Wildman–Crippen LogP) is 3.08. The number of hydrogen-bond donors (Lipinski definition) is 2. The smallest absolute Gasteiger partial charge is 0.156 e. The molecule has 21 heavy (non-hydrogen) atoms. The molecule has 5 nitrogen and oxygen atoms in total. The van der Waals surface area contributed by atoms with Crippen LogP contribution in [0.1, 0.15) is 19.4 Å². The average Bonchev–Trinajstić information content (AvgIpc) is 2.87. The van der Waals surface area contributed by atoms with Crippen molar-refractivity contribution in [3.05, 3.63) is 40.1 Å². The summed E-state index contributed by atoms with van der Waals surface area (Å²) in [6, 6.07) is 1.54. The molecule has 1 aliphatic rings. The van der Waals surface area contributed by atoms with Crippen LogP contribution < -0.4 is 5.32 Å². The zero-order valence-corrected chi connectivity index (χ0v) is 12.1. The minimum absolute atomic E-state index is 0.254. The van der Waals surface area contributed by atoms with Gasteiger partial charge >= 0.3 is 0 Å². The van der Waals surface area contributed by atoms with Gasteiger partial charge in [-0.2, -0.15) is 5.26 Å². The Hall–Kier alpha value is -2.39. The summed E-state index contributed by atoms with van der Waals surface area (Å²) in [5.74, 6) is -0.334. The summed E-state index contributed by atoms with van der Waals surface area (Å²) in [6.45, 7) is 3.29. The number of nitrogens with one attached hydrogen (secondary N) is 2. The van der Waals surface area contributed by atoms with E-state index in [9.17, 15) is 9.65 Å². The lowest BCUT2D eigenvalue weighted by molar-refractivity contribution is 0.515. The Bertz CT molecular complexity index is 843. The van der Waals surface area contributed by atoms with E-state index in [4.69, 9.17) is 11.6 Å². The Morgan fingerprint density at radius 3 is 2.95 bits per heavy atom. The molecular weight excluding hydrogens is 293 g/mol. The third-order valence-electron chi connectivity index (χ3n) is 3.46. The highest BCUT2D eigenvalue weighted by molar-refractivity contribution is 6.29. The van der Waals surface area contributed by atoms with Crippen LogP contribution in [0.25, 0.3) is 16.9 Å². The minimum atomic E-state index is -0.505. The van der Waals surface area contributed by atoms with Gasteiger partial charge in [-0.3, -0.25) is 0 Å². The van der Waals surface area contributed by atoms with Gasteiger partial charge in [0, 0.05) is 17.3 Å². The van der Waals surface area contributed by atoms with Crippen LogP contribution in [0, 0.1) is 11.3 Å². The van der Waals surface area contributed by atoms with E-state index in [0.717, 1.165) is 0 Å². The molecule has 1 unspecified atom stereocenters. The van der Waals surface area contributed by atoms with Gasteiger partial charge in [-0.25, -0.2) is 14.4 Å². The zero-order valence-electron chi connectivity index (χ0n) is 11.3. The van der Waals surface area contributed by atoms with Gasteiger partial charge in [-0.15, -0.1) is 0 Å². The lowest BCUT2D eigenvalue weighted by Gasteiger charge is -2.24. The third kappa shape index (κ3) is 2.06. The topological polar surface area (TPSA) is 77.4 Å². The van der Waals surface area contributed by atoms with Gasteiger partial charge in [0.05, 0.1) is 23.5 Å². The maximum absolute atomic E-state index is 14.0. The molecule has 3 rings (SSSR count). The van der Waals surface area contributed by atoms with Crippen LogP contribution in [0.5, 0.6) is 0 Å². The molecule has 7 heteroatoms. The number of fused-ring (bicyclic) bond motifs is 1. The summed E-state index contributed by atoms with van der Waals surface area (Å²) in [5, 5.41) is 12.6. The number of halogens is 2. The molecule has 2 aromatic rings. The number of nitrogens with zero attached hydrogens (tertiary/aromatic N) is 3. The summed E-state index contributed by atoms with van der Waals surface area (Å²) in [4.78, 5) is 11.3. The van der Waals surface area contributed by atoms with Crippen molar-refractivity contribution in [3.8, 4) is 6.07 Å². The number of hydrogen-bond acceptors (Lipinski definition) is 4. The van der Waals surface area contributed by atoms with Crippen LogP contribution in [0.4, 0.5) is 4.39 Å². The highest BCUT2D eigenvalue weighted by Gasteiger charge is 2.27. The summed E-state index contributed by atoms with van der Waals surface area (Å²) in [7, 11) is 0. The van der Waals surface area contributed by atoms with Gasteiger partial charge in [0.1, 0.15) is 22.6 Å². The fourth-order valence-corrected chi connectivity index (χ4v) is 2.53. The fraction of sp³-hybridized carbons (Fsp3) is 0.214. The second kappa shape index (κ2) is 4.86. The van der Waals surface area contributed by atoms with E-state index in [2.05, 4.69) is 20.3 Å². The molecular formula is C14H11ClFN5. The average molecular weight is 304 g/mol. The summed E-state index contributed by atoms with van der Waals surface area (Å²) in [6.07, 6.45) is 3.12. The van der Waals surface area contributed by atoms with E-state index in [1.807, 2.05) is 6.07 Å². The van der Waals surface area contributed by atoms with Gasteiger partial charge in [0.25, 0.3) is 0 Å². The molecule has 0 aliphatic carbocycles. The zero-order chi connectivity index (χ0) is 15.1. The lowest BCUT2D eigenvalue weighted by Crippen LogP contribution is -2.30. The summed E-state index contributed by atoms with van der Waals surface area (Å²) >= 11 is 5.88. The molecule has 1 atom stereocenters. The van der Waals surface area contributed by atoms with Crippen molar-refractivity contribution < 1.29 is 4.39 Å². The van der Waals surface area contributed by atoms with Crippen LogP contribution >= 0.6 is 11.6 Å². The van der Waals surface area contributed by atoms with E-state index in [1.54, 1.807) is 20.0 Å². The highest BCUT2D eigenvalue weighted by atomic mass is 35.5. The molecule has 3 heterocycles. The molecule has 0 bridgehead atoms. The van der Waals surface area contributed by atoms with Gasteiger partial charge < -0.3 is 10.3 Å². The molecule has 106 valence electrons. The second-order valence-electron chi connectivity index (χ2n) is 4.79. The number of allylic oxidation sites excluding steroid dienone is 2. The molecule has 2 aromatic heterocycles. The van der Waals surface area contributed by atoms with Crippen LogP contribution in [0.2, 0.25) is 5.15 Å². The predicted molar refractivity (Wildman–Crippen MR) is 77.8 cm³/mol. The van der Waals surface area contributed by atoms with Gasteiger partial charge in [-0.05, 0) is 13.8 Å². The first kappa shape index (κ1) is 13.6. The molecule has 0 fully saturated rings. The van der Waals surface area contributed by atoms with Crippen LogP contribution in [-0.2, 0) is 0 Å². The number of rotatable bonds is 1. The first-order valence-corrected chi connectivity index (χ1v) is 6.68. The number of H-pyrrole nitrogens is 1. The Kier molecular flexibility index (Phi) is 3.15. The Labute approximate surface area is 125 Å².